The van der Waals surface area contributed by atoms with Gasteiger partial charge in [-0.1, -0.05) is 120 Å². The van der Waals surface area contributed by atoms with Gasteiger partial charge in [-0.2, -0.15) is 0 Å². The number of unbranched alkanes of at least 4 members (excludes halogenated alkanes) is 1. The van der Waals surface area contributed by atoms with Crippen LogP contribution in [0.15, 0.2) is 120 Å². The van der Waals surface area contributed by atoms with Gasteiger partial charge in [-0.05, 0) is 56.0 Å². The minimum atomic E-state index is -3.86. The fraction of sp³-hybridized carbons (Fsp3) is 0.219. The van der Waals surface area contributed by atoms with Crippen LogP contribution in [0.2, 0.25) is 0 Å². The monoisotopic (exact) mass is 649 g/mol. The van der Waals surface area contributed by atoms with Crippen molar-refractivity contribution in [1.82, 2.24) is 5.32 Å². The Labute approximate surface area is 249 Å². The van der Waals surface area contributed by atoms with E-state index in [1.54, 1.807) is 24.3 Å². The Balaban J connectivity index is 0.00000174. The molecule has 0 aromatic heterocycles. The third-order valence-electron chi connectivity index (χ3n) is 6.29. The number of nitrogens with zero attached hydrogens (tertiary/aromatic N) is 1. The topological polar surface area (TPSA) is 60.3 Å². The fourth-order valence-corrected chi connectivity index (χ4v) is 5.46. The van der Waals surface area contributed by atoms with Gasteiger partial charge in [-0.25, -0.2) is 8.42 Å². The van der Waals surface area contributed by atoms with Gasteiger partial charge in [0.1, 0.15) is 10.0 Å². The molecule has 1 N–H and O–H groups in total. The van der Waals surface area contributed by atoms with Crippen molar-refractivity contribution in [1.29, 1.82) is 0 Å². The molecule has 0 aliphatic carbocycles. The summed E-state index contributed by atoms with van der Waals surface area (Å²) in [5.41, 5.74) is 4.21. The van der Waals surface area contributed by atoms with E-state index in [2.05, 4.69) is 44.0 Å². The second kappa shape index (κ2) is 17.4. The van der Waals surface area contributed by atoms with Crippen molar-refractivity contribution in [3.63, 3.8) is 0 Å². The molecule has 0 amide bonds. The molecule has 0 saturated heterocycles. The zero-order valence-corrected chi connectivity index (χ0v) is 25.7. The second-order valence-electron chi connectivity index (χ2n) is 9.03. The summed E-state index contributed by atoms with van der Waals surface area (Å²) < 4.78 is 31.3. The van der Waals surface area contributed by atoms with E-state index in [-0.39, 0.29) is 18.4 Å². The number of benzene rings is 4. The molecule has 2 atom stereocenters. The maximum absolute atomic E-state index is 13.4. The van der Waals surface area contributed by atoms with E-state index in [0.717, 1.165) is 42.5 Å². The van der Waals surface area contributed by atoms with Crippen molar-refractivity contribution >= 4 is 19.7 Å². The molecule has 206 valence electrons. The van der Waals surface area contributed by atoms with Crippen LogP contribution in [0.4, 0.5) is 0 Å². The average molecular weight is 649 g/mol. The molecule has 0 aliphatic heterocycles. The van der Waals surface area contributed by atoms with Crippen LogP contribution in [0.1, 0.15) is 47.2 Å². The van der Waals surface area contributed by atoms with Crippen LogP contribution in [-0.2, 0) is 33.8 Å². The summed E-state index contributed by atoms with van der Waals surface area (Å²) >= 11 is 1.82. The molecule has 0 saturated carbocycles. The third kappa shape index (κ3) is 10.3. The van der Waals surface area contributed by atoms with Crippen molar-refractivity contribution in [3.05, 3.63) is 150 Å². The molecule has 4 aromatic rings. The molecular weight excluding hydrogens is 613 g/mol. The molecule has 7 heteroatoms. The zero-order valence-electron chi connectivity index (χ0n) is 22.4. The average Bonchev–Trinajstić information content (AvgIpc) is 2.97. The molecule has 4 nitrogen and oxygen atoms in total. The Morgan fingerprint density at radius 2 is 1.26 bits per heavy atom. The third-order valence-corrected chi connectivity index (χ3v) is 7.66. The normalized spacial score (nSPS) is 12.4. The van der Waals surface area contributed by atoms with Gasteiger partial charge < -0.3 is 17.5 Å². The van der Waals surface area contributed by atoms with Crippen LogP contribution < -0.4 is 5.32 Å². The number of nitrogens with one attached hydrogen (secondary N) is 1. The molecule has 0 unspecified atom stereocenters. The summed E-state index contributed by atoms with van der Waals surface area (Å²) in [5, 5.41) is 3.65. The van der Waals surface area contributed by atoms with Gasteiger partial charge in [-0.3, -0.25) is 0 Å². The summed E-state index contributed by atoms with van der Waals surface area (Å²) in [6.07, 6.45) is 3.05. The van der Waals surface area contributed by atoms with Crippen LogP contribution >= 0.6 is 9.69 Å². The van der Waals surface area contributed by atoms with Crippen molar-refractivity contribution < 1.29 is 25.7 Å². The van der Waals surface area contributed by atoms with Crippen LogP contribution in [0.25, 0.3) is 4.72 Å². The first-order valence-corrected chi connectivity index (χ1v) is 16.2. The van der Waals surface area contributed by atoms with Gasteiger partial charge in [0.2, 0.25) is 0 Å². The van der Waals surface area contributed by atoms with Crippen molar-refractivity contribution in [2.45, 2.75) is 43.2 Å². The number of rotatable bonds is 12. The first-order valence-electron chi connectivity index (χ1n) is 12.6. The summed E-state index contributed by atoms with van der Waals surface area (Å²) in [6, 6.07) is 36.2. The molecule has 0 radical (unpaired) electrons. The van der Waals surface area contributed by atoms with Gasteiger partial charge in [0.05, 0.1) is 0 Å². The van der Waals surface area contributed by atoms with Gasteiger partial charge in [0.25, 0.3) is 0 Å². The van der Waals surface area contributed by atoms with E-state index in [1.165, 1.54) is 5.56 Å². The second-order valence-corrected chi connectivity index (χ2v) is 10.7. The summed E-state index contributed by atoms with van der Waals surface area (Å²) in [4.78, 5) is 0.212. The molecule has 4 rings (SSSR count). The van der Waals surface area contributed by atoms with E-state index >= 15 is 0 Å². The van der Waals surface area contributed by atoms with E-state index < -0.39 is 16.1 Å². The fourth-order valence-electron chi connectivity index (χ4n) is 4.31. The standard InChI is InChI=1S/C31H33N2O2S.CH3.ClH.Ru/c1-25-20-22-29(23-21-25)36(34,35)33-31(28-18-9-4-10-19-28)30(27-16-7-3-8-17-27)32-24-12-11-15-26-13-5-2-6-14-26;;;/h2-10,13-14,16-23,30-32H,11-12,15,24H2,1H3;1H3;1H;/q2*-1;;+4/p-1/t30-,31-;;;/m0.../s1. The van der Waals surface area contributed by atoms with E-state index in [4.69, 9.17) is 0 Å². The van der Waals surface area contributed by atoms with E-state index in [1.807, 2.05) is 91.0 Å². The van der Waals surface area contributed by atoms with Crippen LogP contribution in [0.5, 0.6) is 0 Å². The summed E-state index contributed by atoms with van der Waals surface area (Å²) in [5.74, 6) is 0. The molecular formula is C32H36ClN2O2RuS+. The Kier molecular flexibility index (Phi) is 14.6. The van der Waals surface area contributed by atoms with Crippen LogP contribution in [0.3, 0.4) is 0 Å². The Hall–Kier alpha value is -2.34. The van der Waals surface area contributed by atoms with Gasteiger partial charge in [0.15, 0.2) is 0 Å². The predicted octanol–water partition coefficient (Wildman–Crippen LogP) is 8.29. The number of hydrogen-bond donors (Lipinski definition) is 1. The predicted molar refractivity (Wildman–Crippen MR) is 160 cm³/mol. The molecule has 39 heavy (non-hydrogen) atoms. The molecule has 0 fully saturated rings. The molecule has 4 aromatic carbocycles. The Morgan fingerprint density at radius 3 is 1.82 bits per heavy atom. The Bertz CT molecular complexity index is 1310. The number of halogens is 1. The first kappa shape index (κ1) is 32.9. The zero-order chi connectivity index (χ0) is 27.2. The number of sulfonamides is 1. The summed E-state index contributed by atoms with van der Waals surface area (Å²) in [7, 11) is 0.705. The van der Waals surface area contributed by atoms with E-state index in [0.29, 0.717) is 0 Å². The summed E-state index contributed by atoms with van der Waals surface area (Å²) in [6.45, 7) is 2.70. The van der Waals surface area contributed by atoms with Gasteiger partial charge >= 0.3 is 27.0 Å². The van der Waals surface area contributed by atoms with Crippen LogP contribution in [0, 0.1) is 14.4 Å². The SMILES string of the molecule is Cc1ccc(S(=O)(=O)[N-][C@@H](c2ccccc2)[C@@H](NCCCCc2ccccc2)c2ccccc2)cc1.[CH3-].[Cl][Ru+3]. The molecule has 0 bridgehead atoms. The number of aryl methyl sites for hydroxylation is 2. The molecule has 0 aliphatic rings. The van der Waals surface area contributed by atoms with Crippen molar-refractivity contribution in [2.24, 2.45) is 0 Å². The molecule has 0 heterocycles. The van der Waals surface area contributed by atoms with E-state index in [9.17, 15) is 8.42 Å². The van der Waals surface area contributed by atoms with Gasteiger partial charge in [-0.15, -0.1) is 0 Å². The molecule has 0 spiro atoms. The first-order chi connectivity index (χ1) is 18.5. The Morgan fingerprint density at radius 1 is 0.744 bits per heavy atom. The quantitative estimate of drug-likeness (QED) is 0.0955. The van der Waals surface area contributed by atoms with Crippen molar-refractivity contribution in [3.8, 4) is 0 Å². The van der Waals surface area contributed by atoms with Gasteiger partial charge in [0, 0.05) is 10.9 Å². The van der Waals surface area contributed by atoms with Crippen molar-refractivity contribution in [2.75, 3.05) is 6.54 Å². The minimum absolute atomic E-state index is 0. The number of hydrogen-bond acceptors (Lipinski definition) is 3. The van der Waals surface area contributed by atoms with Crippen LogP contribution in [-0.4, -0.2) is 15.0 Å². The maximum atomic E-state index is 13.4.